The number of aryl methyl sites for hydroxylation is 1. The monoisotopic (exact) mass is 335 g/mol. The molecule has 4 rings (SSSR count). The second-order valence-corrected chi connectivity index (χ2v) is 6.77. The zero-order valence-electron chi connectivity index (χ0n) is 13.3. The molecule has 0 radical (unpaired) electrons. The number of thioether (sulfide) groups is 1. The number of anilines is 1. The van der Waals surface area contributed by atoms with Gasteiger partial charge < -0.3 is 5.32 Å². The van der Waals surface area contributed by atoms with Crippen LogP contribution in [0, 0.1) is 6.92 Å². The second kappa shape index (κ2) is 6.17. The molecule has 0 aliphatic carbocycles. The minimum atomic E-state index is -0.106. The van der Waals surface area contributed by atoms with Crippen molar-refractivity contribution >= 4 is 23.5 Å². The highest BCUT2D eigenvalue weighted by molar-refractivity contribution is 7.98. The molecule has 2 heterocycles. The van der Waals surface area contributed by atoms with Crippen LogP contribution in [0.3, 0.4) is 0 Å². The lowest BCUT2D eigenvalue weighted by Crippen LogP contribution is -2.16. The van der Waals surface area contributed by atoms with Gasteiger partial charge in [-0.2, -0.15) is 16.9 Å². The fraction of sp³-hybridized carbons (Fsp3) is 0.158. The van der Waals surface area contributed by atoms with Crippen LogP contribution in [0.4, 0.5) is 5.82 Å². The van der Waals surface area contributed by atoms with Crippen molar-refractivity contribution in [2.45, 2.75) is 18.4 Å². The van der Waals surface area contributed by atoms with E-state index in [1.54, 1.807) is 0 Å². The summed E-state index contributed by atoms with van der Waals surface area (Å²) < 4.78 is 1.88. The quantitative estimate of drug-likeness (QED) is 0.781. The standard InChI is InChI=1S/C19H17N3OS/c1-13-7-5-6-10-17(13)22-18(15-11-24-12-16(15)21-22)20-19(23)14-8-3-2-4-9-14/h2-10H,11-12H2,1H3,(H,20,23). The van der Waals surface area contributed by atoms with Crippen LogP contribution in [-0.4, -0.2) is 15.7 Å². The number of hydrogen-bond acceptors (Lipinski definition) is 3. The SMILES string of the molecule is Cc1ccccc1-n1nc2c(c1NC(=O)c1ccccc1)CSC2. The van der Waals surface area contributed by atoms with Crippen molar-refractivity contribution in [1.29, 1.82) is 0 Å². The molecule has 0 spiro atoms. The Morgan fingerprint density at radius 2 is 1.83 bits per heavy atom. The Kier molecular flexibility index (Phi) is 3.86. The number of nitrogens with one attached hydrogen (secondary N) is 1. The molecule has 1 N–H and O–H groups in total. The molecule has 0 atom stereocenters. The van der Waals surface area contributed by atoms with Gasteiger partial charge in [0, 0.05) is 22.6 Å². The van der Waals surface area contributed by atoms with E-state index in [0.29, 0.717) is 5.56 Å². The third-order valence-electron chi connectivity index (χ3n) is 4.16. The first-order valence-electron chi connectivity index (χ1n) is 7.85. The molecule has 120 valence electrons. The first-order valence-corrected chi connectivity index (χ1v) is 9.00. The number of carbonyl (C=O) groups excluding carboxylic acids is 1. The third kappa shape index (κ3) is 2.61. The summed E-state index contributed by atoms with van der Waals surface area (Å²) in [7, 11) is 0. The van der Waals surface area contributed by atoms with Gasteiger partial charge in [-0.05, 0) is 30.7 Å². The summed E-state index contributed by atoms with van der Waals surface area (Å²) in [6.07, 6.45) is 0. The van der Waals surface area contributed by atoms with E-state index in [-0.39, 0.29) is 5.91 Å². The smallest absolute Gasteiger partial charge is 0.256 e. The van der Waals surface area contributed by atoms with E-state index >= 15 is 0 Å². The zero-order valence-corrected chi connectivity index (χ0v) is 14.1. The van der Waals surface area contributed by atoms with Gasteiger partial charge in [-0.1, -0.05) is 36.4 Å². The maximum absolute atomic E-state index is 12.6. The molecule has 0 unspecified atom stereocenters. The fourth-order valence-electron chi connectivity index (χ4n) is 2.89. The topological polar surface area (TPSA) is 46.9 Å². The predicted octanol–water partition coefficient (Wildman–Crippen LogP) is 4.18. The number of benzene rings is 2. The molecule has 0 bridgehead atoms. The molecule has 24 heavy (non-hydrogen) atoms. The number of fused-ring (bicyclic) bond motifs is 1. The molecule has 1 aliphatic rings. The van der Waals surface area contributed by atoms with Gasteiger partial charge in [0.05, 0.1) is 11.4 Å². The van der Waals surface area contributed by atoms with Crippen LogP contribution in [0.25, 0.3) is 5.69 Å². The highest BCUT2D eigenvalue weighted by atomic mass is 32.2. The van der Waals surface area contributed by atoms with E-state index in [0.717, 1.165) is 39.8 Å². The van der Waals surface area contributed by atoms with Crippen molar-refractivity contribution < 1.29 is 4.79 Å². The summed E-state index contributed by atoms with van der Waals surface area (Å²) in [5.41, 5.74) is 4.97. The molecule has 3 aromatic rings. The number of aromatic nitrogens is 2. The molecular formula is C19H17N3OS. The predicted molar refractivity (Wildman–Crippen MR) is 97.7 cm³/mol. The van der Waals surface area contributed by atoms with Crippen molar-refractivity contribution in [3.63, 3.8) is 0 Å². The lowest BCUT2D eigenvalue weighted by molar-refractivity contribution is 0.102. The first-order chi connectivity index (χ1) is 11.7. The van der Waals surface area contributed by atoms with E-state index in [9.17, 15) is 4.79 Å². The average molecular weight is 335 g/mol. The number of hydrogen-bond donors (Lipinski definition) is 1. The van der Waals surface area contributed by atoms with E-state index in [4.69, 9.17) is 5.10 Å². The van der Waals surface area contributed by atoms with Crippen molar-refractivity contribution in [3.05, 3.63) is 77.0 Å². The molecule has 2 aromatic carbocycles. The molecule has 0 saturated heterocycles. The number of carbonyl (C=O) groups is 1. The molecular weight excluding hydrogens is 318 g/mol. The van der Waals surface area contributed by atoms with Crippen LogP contribution in [0.1, 0.15) is 27.2 Å². The van der Waals surface area contributed by atoms with Crippen LogP contribution in [-0.2, 0) is 11.5 Å². The van der Waals surface area contributed by atoms with Gasteiger partial charge in [-0.25, -0.2) is 4.68 Å². The highest BCUT2D eigenvalue weighted by Gasteiger charge is 2.25. The van der Waals surface area contributed by atoms with Crippen molar-refractivity contribution in [2.75, 3.05) is 5.32 Å². The summed E-state index contributed by atoms with van der Waals surface area (Å²) in [5.74, 6) is 2.46. The van der Waals surface area contributed by atoms with E-state index in [1.165, 1.54) is 0 Å². The Hall–Kier alpha value is -2.53. The molecule has 4 nitrogen and oxygen atoms in total. The lowest BCUT2D eigenvalue weighted by Gasteiger charge is -2.13. The maximum atomic E-state index is 12.6. The fourth-order valence-corrected chi connectivity index (χ4v) is 3.92. The Bertz CT molecular complexity index is 902. The summed E-state index contributed by atoms with van der Waals surface area (Å²) in [6, 6.07) is 17.4. The number of rotatable bonds is 3. The van der Waals surface area contributed by atoms with Gasteiger partial charge in [0.2, 0.25) is 0 Å². The van der Waals surface area contributed by atoms with Crippen LogP contribution >= 0.6 is 11.8 Å². The average Bonchev–Trinajstić information content (AvgIpc) is 3.19. The van der Waals surface area contributed by atoms with Gasteiger partial charge in [-0.15, -0.1) is 0 Å². The van der Waals surface area contributed by atoms with Crippen molar-refractivity contribution in [2.24, 2.45) is 0 Å². The van der Waals surface area contributed by atoms with Gasteiger partial charge in [-0.3, -0.25) is 4.79 Å². The van der Waals surface area contributed by atoms with Crippen LogP contribution < -0.4 is 5.32 Å². The minimum absolute atomic E-state index is 0.106. The zero-order chi connectivity index (χ0) is 16.5. The van der Waals surface area contributed by atoms with Gasteiger partial charge in [0.15, 0.2) is 0 Å². The van der Waals surface area contributed by atoms with Gasteiger partial charge in [0.25, 0.3) is 5.91 Å². The molecule has 0 saturated carbocycles. The molecule has 0 fully saturated rings. The van der Waals surface area contributed by atoms with Crippen LogP contribution in [0.5, 0.6) is 0 Å². The Labute approximate surface area is 144 Å². The summed E-state index contributed by atoms with van der Waals surface area (Å²) in [4.78, 5) is 12.6. The van der Waals surface area contributed by atoms with Crippen molar-refractivity contribution in [1.82, 2.24) is 9.78 Å². The highest BCUT2D eigenvalue weighted by Crippen LogP contribution is 2.36. The normalized spacial score (nSPS) is 12.9. The Balaban J connectivity index is 1.77. The maximum Gasteiger partial charge on any atom is 0.256 e. The Morgan fingerprint density at radius 3 is 2.62 bits per heavy atom. The van der Waals surface area contributed by atoms with E-state index in [2.05, 4.69) is 18.3 Å². The van der Waals surface area contributed by atoms with Crippen LogP contribution in [0.15, 0.2) is 54.6 Å². The van der Waals surface area contributed by atoms with Gasteiger partial charge >= 0.3 is 0 Å². The third-order valence-corrected chi connectivity index (χ3v) is 5.13. The lowest BCUT2D eigenvalue weighted by atomic mass is 10.2. The van der Waals surface area contributed by atoms with Crippen LogP contribution in [0.2, 0.25) is 0 Å². The Morgan fingerprint density at radius 1 is 1.08 bits per heavy atom. The second-order valence-electron chi connectivity index (χ2n) is 5.79. The van der Waals surface area contributed by atoms with E-state index < -0.39 is 0 Å². The summed E-state index contributed by atoms with van der Waals surface area (Å²) in [5, 5.41) is 7.83. The number of para-hydroxylation sites is 1. The number of amides is 1. The first kappa shape index (κ1) is 15.0. The molecule has 1 amide bonds. The van der Waals surface area contributed by atoms with Gasteiger partial charge in [0.1, 0.15) is 5.82 Å². The summed E-state index contributed by atoms with van der Waals surface area (Å²) >= 11 is 1.83. The number of nitrogens with zero attached hydrogens (tertiary/aromatic N) is 2. The molecule has 1 aliphatic heterocycles. The summed E-state index contributed by atoms with van der Waals surface area (Å²) in [6.45, 7) is 2.06. The van der Waals surface area contributed by atoms with E-state index in [1.807, 2.05) is 65.0 Å². The molecule has 5 heteroatoms. The molecule has 1 aromatic heterocycles. The largest absolute Gasteiger partial charge is 0.306 e. The van der Waals surface area contributed by atoms with Crippen molar-refractivity contribution in [3.8, 4) is 5.69 Å². The minimum Gasteiger partial charge on any atom is -0.306 e.